The summed E-state index contributed by atoms with van der Waals surface area (Å²) in [5.41, 5.74) is -4.75. The minimum Gasteiger partial charge on any atom is -0.870 e. The van der Waals surface area contributed by atoms with E-state index in [1.54, 1.807) is 163 Å². The van der Waals surface area contributed by atoms with E-state index in [-0.39, 0.29) is 138 Å². The molecule has 20 nitrogen and oxygen atoms in total. The number of carbonyl (C=O) groups excluding carboxylic acids is 2. The number of halogens is 13. The van der Waals surface area contributed by atoms with E-state index in [0.29, 0.717) is 58.9 Å². The second-order valence-corrected chi connectivity index (χ2v) is 93.2. The maximum atomic E-state index is 13.6. The number of nitrogens with one attached hydrogen (secondary N) is 2. The fourth-order valence-corrected chi connectivity index (χ4v) is 96.4. The second-order valence-electron chi connectivity index (χ2n) is 26.5. The first kappa shape index (κ1) is 123. The molecule has 3 spiro atoms. The Morgan fingerprint density at radius 2 is 0.833 bits per heavy atom. The number of nitrogens with zero attached hydrogens (tertiary/aromatic N) is 10. The van der Waals surface area contributed by atoms with Gasteiger partial charge in [0, 0.05) is 406 Å². The quantitative estimate of drug-likeness (QED) is 0.0688. The first-order valence-electron chi connectivity index (χ1n) is 33.0. The molecule has 6 aliphatic rings. The van der Waals surface area contributed by atoms with E-state index in [1.807, 2.05) is 177 Å². The second kappa shape index (κ2) is 59.4. The van der Waals surface area contributed by atoms with Crippen LogP contribution in [0.2, 0.25) is 32.7 Å². The number of piperidine rings is 3. The van der Waals surface area contributed by atoms with Gasteiger partial charge in [-0.1, -0.05) is 84.9 Å². The molecule has 0 aromatic carbocycles. The van der Waals surface area contributed by atoms with Crippen molar-refractivity contribution in [2.75, 3.05) is 19.8 Å². The third kappa shape index (κ3) is 36.5. The Labute approximate surface area is 897 Å². The Bertz CT molecular complexity index is 6130. The molecule has 1 amide bonds. The number of alkyl halides is 10. The molecule has 6 aliphatic heterocycles. The smallest absolute Gasteiger partial charge is 0.870 e. The molecule has 0 saturated carbocycles. The van der Waals surface area contributed by atoms with Crippen LogP contribution in [-0.4, -0.2) is 147 Å². The van der Waals surface area contributed by atoms with E-state index in [1.165, 1.54) is 81.7 Å². The fourth-order valence-electron chi connectivity index (χ4n) is 12.5. The number of aliphatic hydroxyl groups is 2. The molecule has 5 N–H and O–H groups in total. The Morgan fingerprint density at radius 1 is 0.532 bits per heavy atom. The van der Waals surface area contributed by atoms with Gasteiger partial charge in [-0.15, -0.1) is 49.3 Å². The third-order valence-corrected chi connectivity index (χ3v) is 93.6. The van der Waals surface area contributed by atoms with E-state index in [4.69, 9.17) is 71.4 Å². The summed E-state index contributed by atoms with van der Waals surface area (Å²) in [6.45, 7) is 9.25. The van der Waals surface area contributed by atoms with Crippen LogP contribution in [0.15, 0.2) is 36.8 Å². The van der Waals surface area contributed by atoms with Crippen molar-refractivity contribution in [2.45, 2.75) is 182 Å². The summed E-state index contributed by atoms with van der Waals surface area (Å²) in [6, 6.07) is 2.44. The van der Waals surface area contributed by atoms with Gasteiger partial charge in [-0.05, 0) is 67.7 Å². The Kier molecular flexibility index (Phi) is 58.2. The van der Waals surface area contributed by atoms with Crippen molar-refractivity contribution in [1.82, 2.24) is 60.5 Å². The largest absolute Gasteiger partial charge is 1.00 e. The molecule has 6 aromatic heterocycles. The molecule has 2 unspecified atom stereocenters. The SMILES string of the molecule is C.C.C[C@H]1C[C@@]2(C[C@@H](c3cn(C)nn3)N1)OCC(O)(C(F)F)c1cc(Cl)sc12.C[C@H]1C[C@@]2(C[C@@H](c3cn(C)nn3)N1)OCC(O)(C(F)F)c1cc(Cl)sc12.C[C@H]1C[C@@]2(C[C@@H](c3cn(C)nn3)N1C(=O)C(F)(F)F)OCC(=O)c1cc(Cl)sc12.C[Si](C)(C)C(F)(F)Br.S=S=S=S=S=S=S=S=S=S=S=S=S=S=S=S=S=S=S=S=S=S=S=S=S=S=S=S=S=S=S=S=S.[K+].[OH-]. The minimum absolute atomic E-state index is 0. The van der Waals surface area contributed by atoms with Crippen LogP contribution in [0, 0.1) is 0 Å². The van der Waals surface area contributed by atoms with Crippen LogP contribution in [0.25, 0.3) is 0 Å². The summed E-state index contributed by atoms with van der Waals surface area (Å²) < 4.78 is 140. The molecule has 0 bridgehead atoms. The predicted molar refractivity (Wildman–Crippen MR) is 577 cm³/mol. The number of aryl methyl sites for hydroxylation is 3. The van der Waals surface area contributed by atoms with Crippen molar-refractivity contribution in [1.29, 1.82) is 0 Å². The van der Waals surface area contributed by atoms with E-state index in [2.05, 4.69) is 57.5 Å². The molecule has 71 heteroatoms. The number of carbonyl (C=O) groups is 2. The fraction of sp³-hybridized carbons (Fsp3) is 0.636. The molecule has 3 saturated heterocycles. The van der Waals surface area contributed by atoms with Crippen LogP contribution in [0.3, 0.4) is 0 Å². The van der Waals surface area contributed by atoms with Gasteiger partial charge < -0.3 is 45.4 Å². The summed E-state index contributed by atoms with van der Waals surface area (Å²) in [4.78, 5) is 27.0. The maximum absolute atomic E-state index is 13.6. The predicted octanol–water partition coefficient (Wildman–Crippen LogP) is 9.57. The molecular formula is C55H72BrCl3F9KN12O8S36Si. The average Bonchev–Trinajstić information content (AvgIpc) is 1.50. The van der Waals surface area contributed by atoms with Gasteiger partial charge in [0.2, 0.25) is 0 Å². The number of amides is 1. The first-order chi connectivity index (χ1) is 57.6. The molecule has 3 fully saturated rings. The van der Waals surface area contributed by atoms with Gasteiger partial charge in [0.15, 0.2) is 17.0 Å². The van der Waals surface area contributed by atoms with Crippen LogP contribution in [0.4, 0.5) is 39.5 Å². The molecular weight excluding hydrogens is 2540 g/mol. The first-order valence-corrected chi connectivity index (χ1v) is 83.5. The number of rotatable bonds is 6. The molecule has 12 rings (SSSR count). The number of Topliss-reactive ketones (excluding diaryl/α,β-unsaturated/α-hetero) is 1. The number of fused-ring (bicyclic) bond motifs is 6. The van der Waals surface area contributed by atoms with Gasteiger partial charge in [0.25, 0.3) is 17.3 Å². The van der Waals surface area contributed by atoms with Gasteiger partial charge in [-0.25, -0.2) is 17.6 Å². The molecule has 6 aromatic rings. The number of ketones is 1. The van der Waals surface area contributed by atoms with E-state index >= 15 is 0 Å². The molecule has 0 radical (unpaired) electrons. The van der Waals surface area contributed by atoms with Crippen molar-refractivity contribution in [2.24, 2.45) is 21.1 Å². The topological polar surface area (TPSA) is 252 Å². The summed E-state index contributed by atoms with van der Waals surface area (Å²) >= 11 is 33.9. The van der Waals surface area contributed by atoms with Crippen LogP contribution >= 0.6 is 84.7 Å². The van der Waals surface area contributed by atoms with Crippen molar-refractivity contribution >= 4 is 402 Å². The van der Waals surface area contributed by atoms with Crippen molar-refractivity contribution in [3.8, 4) is 0 Å². The zero-order valence-electron chi connectivity index (χ0n) is 63.9. The van der Waals surface area contributed by atoms with Gasteiger partial charge >= 0.3 is 63.5 Å². The Balaban J connectivity index is 0.000000339. The van der Waals surface area contributed by atoms with Gasteiger partial charge in [-0.2, -0.15) is 22.0 Å². The average molecular weight is 2610 g/mol. The molecule has 712 valence electrons. The maximum Gasteiger partial charge on any atom is 1.00 e. The molecule has 0 aliphatic carbocycles. The van der Waals surface area contributed by atoms with Crippen LogP contribution < -0.4 is 62.0 Å². The van der Waals surface area contributed by atoms with Crippen LogP contribution in [-0.2, 0) is 366 Å². The molecule has 11 atom stereocenters. The van der Waals surface area contributed by atoms with Crippen LogP contribution in [0.1, 0.15) is 145 Å². The summed E-state index contributed by atoms with van der Waals surface area (Å²) in [5, 5.41) is 52.0. The molecule has 126 heavy (non-hydrogen) atoms. The van der Waals surface area contributed by atoms with Crippen LogP contribution in [0.5, 0.6) is 0 Å². The van der Waals surface area contributed by atoms with E-state index in [0.717, 1.165) is 16.3 Å². The number of likely N-dealkylation sites (tertiary alicyclic amines) is 1. The number of hydrogen-bond donors (Lipinski definition) is 4. The van der Waals surface area contributed by atoms with Crippen molar-refractivity contribution in [3.05, 3.63) is 98.2 Å². The standard InChI is InChI=1S/C17H16ClF3N4O3S.2C16H19ClF2N4O2S.C4H9BrF2Si.2CH4.K.H2O.S33/c1-8-4-16(14-9(3-13(18)29-14)12(26)7-28-16)5-11(10-6-24(2)23-22-10)25(8)15(27)17(19,20)21;2*1-8-4-15(5-10(20-8)11-6-23(2)22-21-11)13-9(3-12(17)26-13)16(24,7-25-15)14(18)19;1-8(2,3)4(5,6)7;;;;;1-3-5-7-9-11-13-15-17-19-21-23-25-27-29-31-33-32-30-28-26-24-22-20-18-16-14-12-10-8-6-4-2/h3,6,8,11H,4-5,7H2,1-2H3;2*3,6,8,10,14,20,24H,4-5,7H2,1-2H3;1-3H3;2*1H4;;1H2;/q;;;;;;+1;;/p-1/t8-,11-,16-;2*8-,10-,15-,16?;;;;;;/m000....../s1. The number of ether oxygens (including phenoxy) is 3. The Morgan fingerprint density at radius 3 is 1.13 bits per heavy atom. The summed E-state index contributed by atoms with van der Waals surface area (Å²) in [7, 11) is 57.5. The Hall–Kier alpha value is 5.17. The van der Waals surface area contributed by atoms with Crippen molar-refractivity contribution in [3.63, 3.8) is 0 Å². The van der Waals surface area contributed by atoms with Gasteiger partial charge in [0.1, 0.15) is 37.2 Å². The van der Waals surface area contributed by atoms with E-state index < -0.39 is 90.8 Å². The monoisotopic (exact) mass is 2600 g/mol. The molecule has 12 heterocycles. The van der Waals surface area contributed by atoms with Crippen molar-refractivity contribution < 1.29 is 130 Å². The normalized spacial score (nSPS) is 23.4. The summed E-state index contributed by atoms with van der Waals surface area (Å²) in [5.74, 6) is -2.17. The third-order valence-electron chi connectivity index (χ3n) is 17.3. The van der Waals surface area contributed by atoms with Gasteiger partial charge in [-0.3, -0.25) is 23.6 Å². The number of thiophene rings is 3. The van der Waals surface area contributed by atoms with Gasteiger partial charge in [0.05, 0.1) is 61.9 Å². The number of hydrogen-bond acceptors (Lipinski definition) is 21. The zero-order valence-corrected chi connectivity index (χ0v) is 101. The van der Waals surface area contributed by atoms with E-state index in [9.17, 15) is 59.3 Å². The number of aromatic nitrogens is 9. The minimum atomic E-state index is -5.03. The summed E-state index contributed by atoms with van der Waals surface area (Å²) in [6.07, 6.45) is -3.54. The zero-order chi connectivity index (χ0) is 89.4.